The molecule has 0 aromatic heterocycles. The van der Waals surface area contributed by atoms with Crippen LogP contribution in [0.3, 0.4) is 0 Å². The van der Waals surface area contributed by atoms with E-state index in [2.05, 4.69) is 34.6 Å². The summed E-state index contributed by atoms with van der Waals surface area (Å²) in [6, 6.07) is 0. The van der Waals surface area contributed by atoms with Crippen molar-refractivity contribution < 1.29 is 0 Å². The summed E-state index contributed by atoms with van der Waals surface area (Å²) in [6.07, 6.45) is 22.8. The Morgan fingerprint density at radius 3 is 2.00 bits per heavy atom. The van der Waals surface area contributed by atoms with E-state index in [9.17, 15) is 0 Å². The maximum absolute atomic E-state index is 2.61. The smallest absolute Gasteiger partial charge is 0.0324 e. The molecule has 0 radical (unpaired) electrons. The number of unbranched alkanes of at least 4 members (excludes halogenated alkanes) is 1. The van der Waals surface area contributed by atoms with E-state index in [0.717, 1.165) is 53.3 Å². The highest BCUT2D eigenvalue weighted by molar-refractivity contribution is 4.97. The second-order valence-corrected chi connectivity index (χ2v) is 12.3. The minimum atomic E-state index is 0.913. The third-order valence-electron chi connectivity index (χ3n) is 9.95. The second-order valence-electron chi connectivity index (χ2n) is 12.3. The van der Waals surface area contributed by atoms with Crippen LogP contribution < -0.4 is 0 Å². The molecule has 0 spiro atoms. The molecule has 4 rings (SSSR count). The van der Waals surface area contributed by atoms with Crippen LogP contribution in [0.4, 0.5) is 0 Å². The fourth-order valence-corrected chi connectivity index (χ4v) is 8.16. The molecule has 0 aliphatic heterocycles. The van der Waals surface area contributed by atoms with Gasteiger partial charge in [0.25, 0.3) is 0 Å². The summed E-state index contributed by atoms with van der Waals surface area (Å²) in [5.41, 5.74) is 0. The van der Waals surface area contributed by atoms with Crippen LogP contribution >= 0.6 is 0 Å². The first kappa shape index (κ1) is 23.7. The molecule has 0 aromatic carbocycles. The highest BCUT2D eigenvalue weighted by Crippen LogP contribution is 2.56. The fraction of sp³-hybridized carbons (Fsp3) is 1.00. The molecule has 4 aliphatic carbocycles. The van der Waals surface area contributed by atoms with Crippen molar-refractivity contribution in [2.45, 2.75) is 131 Å². The van der Waals surface area contributed by atoms with Crippen LogP contribution in [0.5, 0.6) is 0 Å². The van der Waals surface area contributed by atoms with Gasteiger partial charge in [-0.3, -0.25) is 0 Å². The molecule has 5 atom stereocenters. The van der Waals surface area contributed by atoms with Gasteiger partial charge in [0.15, 0.2) is 0 Å². The number of hydrogen-bond acceptors (Lipinski definition) is 0. The number of rotatable bonds is 5. The monoisotopic (exact) mass is 402 g/mol. The zero-order valence-corrected chi connectivity index (χ0v) is 20.8. The predicted molar refractivity (Wildman–Crippen MR) is 129 cm³/mol. The SMILES string of the molecule is CC1CCCC1.CCCCC1C(C)CC2CCCC2C1C1CCC(C(C)C)CC1. The van der Waals surface area contributed by atoms with Gasteiger partial charge < -0.3 is 0 Å². The van der Waals surface area contributed by atoms with Gasteiger partial charge in [-0.05, 0) is 98.2 Å². The van der Waals surface area contributed by atoms with Gasteiger partial charge in [-0.15, -0.1) is 0 Å². The Balaban J connectivity index is 0.000000343. The van der Waals surface area contributed by atoms with Crippen molar-refractivity contribution in [1.82, 2.24) is 0 Å². The van der Waals surface area contributed by atoms with Crippen molar-refractivity contribution in [2.24, 2.45) is 53.3 Å². The number of hydrogen-bond donors (Lipinski definition) is 0. The lowest BCUT2D eigenvalue weighted by Gasteiger charge is -2.50. The van der Waals surface area contributed by atoms with E-state index in [1.807, 2.05) is 0 Å². The second kappa shape index (κ2) is 11.6. The average molecular weight is 403 g/mol. The van der Waals surface area contributed by atoms with E-state index in [1.54, 1.807) is 38.5 Å². The molecule has 0 amide bonds. The molecule has 0 bridgehead atoms. The Bertz CT molecular complexity index is 437. The van der Waals surface area contributed by atoms with Crippen LogP contribution in [-0.4, -0.2) is 0 Å². The Labute approximate surface area is 184 Å². The highest BCUT2D eigenvalue weighted by atomic mass is 14.5. The first-order valence-corrected chi connectivity index (χ1v) is 14.0. The maximum Gasteiger partial charge on any atom is -0.0324 e. The first-order valence-electron chi connectivity index (χ1n) is 14.0. The highest BCUT2D eigenvalue weighted by Gasteiger charge is 2.47. The van der Waals surface area contributed by atoms with E-state index in [-0.39, 0.29) is 0 Å². The lowest BCUT2D eigenvalue weighted by molar-refractivity contribution is -0.00486. The molecule has 170 valence electrons. The predicted octanol–water partition coefficient (Wildman–Crippen LogP) is 9.52. The van der Waals surface area contributed by atoms with Crippen molar-refractivity contribution in [1.29, 1.82) is 0 Å². The largest absolute Gasteiger partial charge is 0.0654 e. The molecule has 4 fully saturated rings. The normalized spacial score (nSPS) is 40.6. The summed E-state index contributed by atoms with van der Waals surface area (Å²) >= 11 is 0. The van der Waals surface area contributed by atoms with Crippen molar-refractivity contribution in [3.63, 3.8) is 0 Å². The molecule has 29 heavy (non-hydrogen) atoms. The topological polar surface area (TPSA) is 0 Å². The summed E-state index contributed by atoms with van der Waals surface area (Å²) in [7, 11) is 0. The fourth-order valence-electron chi connectivity index (χ4n) is 8.16. The molecule has 0 aromatic rings. The number of fused-ring (bicyclic) bond motifs is 1. The molecular weight excluding hydrogens is 348 g/mol. The molecule has 0 N–H and O–H groups in total. The Kier molecular flexibility index (Phi) is 9.44. The van der Waals surface area contributed by atoms with Crippen LogP contribution in [0.15, 0.2) is 0 Å². The van der Waals surface area contributed by atoms with E-state index in [1.165, 1.54) is 57.8 Å². The molecular formula is C29H54. The molecule has 4 aliphatic rings. The van der Waals surface area contributed by atoms with Crippen LogP contribution in [0, 0.1) is 53.3 Å². The zero-order chi connectivity index (χ0) is 20.8. The van der Waals surface area contributed by atoms with Gasteiger partial charge in [0.05, 0.1) is 0 Å². The molecule has 5 unspecified atom stereocenters. The standard InChI is InChI=1S/C23H42.C6H12/c1-5-6-9-21-17(4)15-20-8-7-10-22(20)23(21)19-13-11-18(12-14-19)16(2)3;1-6-4-2-3-5-6/h16-23H,5-15H2,1-4H3;6H,2-5H2,1H3. The lowest BCUT2D eigenvalue weighted by atomic mass is 9.56. The quantitative estimate of drug-likeness (QED) is 0.429. The zero-order valence-electron chi connectivity index (χ0n) is 20.8. The summed E-state index contributed by atoms with van der Waals surface area (Å²) in [6.45, 7) is 12.2. The molecule has 0 heteroatoms. The minimum Gasteiger partial charge on any atom is -0.0654 e. The van der Waals surface area contributed by atoms with Gasteiger partial charge in [-0.1, -0.05) is 86.0 Å². The van der Waals surface area contributed by atoms with Gasteiger partial charge in [-0.25, -0.2) is 0 Å². The van der Waals surface area contributed by atoms with Crippen LogP contribution in [0.2, 0.25) is 0 Å². The van der Waals surface area contributed by atoms with Crippen LogP contribution in [0.25, 0.3) is 0 Å². The molecule has 4 saturated carbocycles. The Hall–Kier alpha value is 0. The van der Waals surface area contributed by atoms with E-state index >= 15 is 0 Å². The minimum absolute atomic E-state index is 0.913. The van der Waals surface area contributed by atoms with Gasteiger partial charge >= 0.3 is 0 Å². The molecule has 0 nitrogen and oxygen atoms in total. The van der Waals surface area contributed by atoms with Crippen molar-refractivity contribution in [3.05, 3.63) is 0 Å². The van der Waals surface area contributed by atoms with E-state index in [4.69, 9.17) is 0 Å². The molecule has 0 saturated heterocycles. The Morgan fingerprint density at radius 2 is 1.45 bits per heavy atom. The Morgan fingerprint density at radius 1 is 0.759 bits per heavy atom. The lowest BCUT2D eigenvalue weighted by Crippen LogP contribution is -2.42. The maximum atomic E-state index is 2.61. The van der Waals surface area contributed by atoms with E-state index < -0.39 is 0 Å². The van der Waals surface area contributed by atoms with Crippen LogP contribution in [0.1, 0.15) is 131 Å². The van der Waals surface area contributed by atoms with Gasteiger partial charge in [0.1, 0.15) is 0 Å². The van der Waals surface area contributed by atoms with Crippen LogP contribution in [-0.2, 0) is 0 Å². The van der Waals surface area contributed by atoms with Crippen molar-refractivity contribution in [2.75, 3.05) is 0 Å². The third-order valence-corrected chi connectivity index (χ3v) is 9.95. The van der Waals surface area contributed by atoms with Crippen molar-refractivity contribution >= 4 is 0 Å². The van der Waals surface area contributed by atoms with Gasteiger partial charge in [0.2, 0.25) is 0 Å². The summed E-state index contributed by atoms with van der Waals surface area (Å²) in [4.78, 5) is 0. The first-order chi connectivity index (χ1) is 14.0. The summed E-state index contributed by atoms with van der Waals surface area (Å²) < 4.78 is 0. The molecule has 0 heterocycles. The summed E-state index contributed by atoms with van der Waals surface area (Å²) in [5, 5.41) is 0. The van der Waals surface area contributed by atoms with Gasteiger partial charge in [0, 0.05) is 0 Å². The van der Waals surface area contributed by atoms with E-state index in [0.29, 0.717) is 0 Å². The van der Waals surface area contributed by atoms with Crippen molar-refractivity contribution in [3.8, 4) is 0 Å². The third kappa shape index (κ3) is 6.26. The van der Waals surface area contributed by atoms with Gasteiger partial charge in [-0.2, -0.15) is 0 Å². The average Bonchev–Trinajstić information content (AvgIpc) is 3.37. The summed E-state index contributed by atoms with van der Waals surface area (Å²) in [5.74, 6) is 9.47.